The van der Waals surface area contributed by atoms with Crippen molar-refractivity contribution in [2.45, 2.75) is 37.5 Å². The molecule has 0 saturated heterocycles. The Balaban J connectivity index is 1.57. The second-order valence-electron chi connectivity index (χ2n) is 8.11. The predicted octanol–water partition coefficient (Wildman–Crippen LogP) is 7.19. The summed E-state index contributed by atoms with van der Waals surface area (Å²) in [5.74, 6) is 1.02. The van der Waals surface area contributed by atoms with Crippen LogP contribution in [0.15, 0.2) is 74.5 Å². The van der Waals surface area contributed by atoms with Crippen molar-refractivity contribution < 1.29 is 4.42 Å². The molecule has 0 aliphatic carbocycles. The molecule has 6 heteroatoms. The zero-order valence-corrected chi connectivity index (χ0v) is 19.7. The fraction of sp³-hybridized carbons (Fsp3) is 0.192. The van der Waals surface area contributed by atoms with Crippen LogP contribution in [-0.2, 0) is 5.75 Å². The summed E-state index contributed by atoms with van der Waals surface area (Å²) in [7, 11) is 0. The van der Waals surface area contributed by atoms with E-state index in [9.17, 15) is 4.79 Å². The maximum atomic E-state index is 12.3. The quantitative estimate of drug-likeness (QED) is 0.158. The number of thiophene rings is 1. The lowest BCUT2D eigenvalue weighted by molar-refractivity contribution is 0.559. The van der Waals surface area contributed by atoms with E-state index in [4.69, 9.17) is 4.42 Å². The molecular formula is C26H22N2O2S2. The lowest BCUT2D eigenvalue weighted by atomic mass is 9.95. The van der Waals surface area contributed by atoms with Crippen molar-refractivity contribution in [1.29, 1.82) is 0 Å². The minimum Gasteiger partial charge on any atom is -0.423 e. The Morgan fingerprint density at radius 1 is 1.09 bits per heavy atom. The molecule has 5 rings (SSSR count). The van der Waals surface area contributed by atoms with E-state index in [1.807, 2.05) is 24.3 Å². The van der Waals surface area contributed by atoms with Gasteiger partial charge in [0.2, 0.25) is 0 Å². The average molecular weight is 459 g/mol. The summed E-state index contributed by atoms with van der Waals surface area (Å²) in [6, 6.07) is 16.1. The minimum absolute atomic E-state index is 0.321. The molecular weight excluding hydrogens is 436 g/mol. The fourth-order valence-corrected chi connectivity index (χ4v) is 6.05. The van der Waals surface area contributed by atoms with Crippen LogP contribution in [-0.4, -0.2) is 9.97 Å². The smallest absolute Gasteiger partial charge is 0.336 e. The van der Waals surface area contributed by atoms with Crippen LogP contribution in [0, 0.1) is 6.92 Å². The maximum absolute atomic E-state index is 12.3. The van der Waals surface area contributed by atoms with Gasteiger partial charge in [-0.3, -0.25) is 0 Å². The molecule has 0 bridgehead atoms. The molecule has 5 aromatic rings. The number of benzene rings is 2. The summed E-state index contributed by atoms with van der Waals surface area (Å²) in [6.45, 7) is 6.43. The molecule has 0 aliphatic heterocycles. The molecule has 0 N–H and O–H groups in total. The highest BCUT2D eigenvalue weighted by Gasteiger charge is 2.16. The first-order chi connectivity index (χ1) is 15.5. The van der Waals surface area contributed by atoms with Crippen LogP contribution in [0.3, 0.4) is 0 Å². The molecule has 0 amide bonds. The van der Waals surface area contributed by atoms with Gasteiger partial charge >= 0.3 is 5.63 Å². The molecule has 0 atom stereocenters. The number of rotatable bonds is 5. The molecule has 0 radical (unpaired) electrons. The van der Waals surface area contributed by atoms with Gasteiger partial charge in [-0.25, -0.2) is 14.8 Å². The molecule has 3 heterocycles. The lowest BCUT2D eigenvalue weighted by Crippen LogP contribution is -2.02. The molecule has 4 nitrogen and oxygen atoms in total. The van der Waals surface area contributed by atoms with E-state index < -0.39 is 0 Å². The molecule has 2 aromatic carbocycles. The summed E-state index contributed by atoms with van der Waals surface area (Å²) < 4.78 is 5.52. The van der Waals surface area contributed by atoms with Crippen molar-refractivity contribution >= 4 is 44.3 Å². The average Bonchev–Trinajstić information content (AvgIpc) is 3.22. The van der Waals surface area contributed by atoms with E-state index >= 15 is 0 Å². The van der Waals surface area contributed by atoms with Crippen LogP contribution < -0.4 is 5.63 Å². The van der Waals surface area contributed by atoms with Crippen LogP contribution in [0.4, 0.5) is 0 Å². The van der Waals surface area contributed by atoms with Crippen molar-refractivity contribution in [2.75, 3.05) is 0 Å². The van der Waals surface area contributed by atoms with Crippen molar-refractivity contribution in [2.24, 2.45) is 0 Å². The third-order valence-corrected chi connectivity index (χ3v) is 7.55. The maximum Gasteiger partial charge on any atom is 0.336 e. The lowest BCUT2D eigenvalue weighted by Gasteiger charge is -2.13. The second-order valence-corrected chi connectivity index (χ2v) is 9.94. The molecule has 3 aromatic heterocycles. The Labute approximate surface area is 194 Å². The number of aromatic nitrogens is 2. The van der Waals surface area contributed by atoms with E-state index in [2.05, 4.69) is 54.3 Å². The monoisotopic (exact) mass is 458 g/mol. The van der Waals surface area contributed by atoms with Gasteiger partial charge in [-0.1, -0.05) is 44.2 Å². The summed E-state index contributed by atoms with van der Waals surface area (Å²) in [6.07, 6.45) is 1.62. The predicted molar refractivity (Wildman–Crippen MR) is 134 cm³/mol. The Morgan fingerprint density at radius 2 is 1.91 bits per heavy atom. The fourth-order valence-electron chi connectivity index (χ4n) is 4.07. The molecule has 32 heavy (non-hydrogen) atoms. The molecule has 0 saturated carbocycles. The SMILES string of the molecule is Cc1cc2oc(=O)cc(CSc3ncnc4scc(-c5ccccc5)c34)c2cc1C(C)C. The number of aryl methyl sites for hydroxylation is 1. The first-order valence-corrected chi connectivity index (χ1v) is 12.4. The third-order valence-electron chi connectivity index (χ3n) is 5.62. The van der Waals surface area contributed by atoms with Crippen LogP contribution in [0.25, 0.3) is 32.3 Å². The van der Waals surface area contributed by atoms with Crippen molar-refractivity contribution in [1.82, 2.24) is 9.97 Å². The van der Waals surface area contributed by atoms with Crippen molar-refractivity contribution in [3.63, 3.8) is 0 Å². The van der Waals surface area contributed by atoms with Crippen molar-refractivity contribution in [3.8, 4) is 11.1 Å². The molecule has 0 unspecified atom stereocenters. The second kappa shape index (κ2) is 8.52. The third kappa shape index (κ3) is 3.85. The Hall–Kier alpha value is -2.96. The number of hydrogen-bond acceptors (Lipinski definition) is 6. The van der Waals surface area contributed by atoms with Crippen LogP contribution >= 0.6 is 23.1 Å². The number of thioether (sulfide) groups is 1. The minimum atomic E-state index is -0.321. The van der Waals surface area contributed by atoms with Gasteiger partial charge in [0.15, 0.2) is 0 Å². The highest BCUT2D eigenvalue weighted by atomic mass is 32.2. The normalized spacial score (nSPS) is 11.6. The van der Waals surface area contributed by atoms with E-state index in [-0.39, 0.29) is 5.63 Å². The van der Waals surface area contributed by atoms with E-state index in [1.54, 1.807) is 35.5 Å². The van der Waals surface area contributed by atoms with Crippen LogP contribution in [0.1, 0.15) is 36.5 Å². The van der Waals surface area contributed by atoms with Gasteiger partial charge < -0.3 is 4.42 Å². The van der Waals surface area contributed by atoms with Gasteiger partial charge in [0.05, 0.1) is 5.39 Å². The first kappa shape index (κ1) is 20.9. The highest BCUT2D eigenvalue weighted by molar-refractivity contribution is 7.98. The van der Waals surface area contributed by atoms with Gasteiger partial charge in [-0.15, -0.1) is 23.1 Å². The van der Waals surface area contributed by atoms with Gasteiger partial charge in [-0.05, 0) is 47.2 Å². The Morgan fingerprint density at radius 3 is 2.69 bits per heavy atom. The van der Waals surface area contributed by atoms with Crippen LogP contribution in [0.2, 0.25) is 0 Å². The number of nitrogens with zero attached hydrogens (tertiary/aromatic N) is 2. The molecule has 160 valence electrons. The van der Waals surface area contributed by atoms with E-state index in [0.29, 0.717) is 17.3 Å². The Bertz CT molecular complexity index is 1490. The van der Waals surface area contributed by atoms with Gasteiger partial charge in [-0.2, -0.15) is 0 Å². The standard InChI is InChI=1S/C26H22N2O2S2/c1-15(2)19-11-20-18(10-23(29)30-22(20)9-16(19)3)12-31-25-24-21(17-7-5-4-6-8-17)13-32-26(24)28-14-27-25/h4-11,13-15H,12H2,1-3H3. The van der Waals surface area contributed by atoms with E-state index in [1.165, 1.54) is 5.56 Å². The molecule has 0 fully saturated rings. The van der Waals surface area contributed by atoms with Crippen molar-refractivity contribution in [3.05, 3.63) is 87.3 Å². The molecule has 0 aliphatic rings. The summed E-state index contributed by atoms with van der Waals surface area (Å²) in [4.78, 5) is 22.3. The van der Waals surface area contributed by atoms with E-state index in [0.717, 1.165) is 42.9 Å². The van der Waals surface area contributed by atoms with Gasteiger partial charge in [0.1, 0.15) is 21.8 Å². The summed E-state index contributed by atoms with van der Waals surface area (Å²) in [5, 5.41) is 5.13. The summed E-state index contributed by atoms with van der Waals surface area (Å²) >= 11 is 3.26. The molecule has 0 spiro atoms. The first-order valence-electron chi connectivity index (χ1n) is 10.5. The highest BCUT2D eigenvalue weighted by Crippen LogP contribution is 2.39. The topological polar surface area (TPSA) is 56.0 Å². The zero-order valence-electron chi connectivity index (χ0n) is 18.1. The zero-order chi connectivity index (χ0) is 22.2. The number of hydrogen-bond donors (Lipinski definition) is 0. The van der Waals surface area contributed by atoms with Gasteiger partial charge in [0, 0.05) is 28.1 Å². The Kier molecular flexibility index (Phi) is 5.57. The van der Waals surface area contributed by atoms with Crippen LogP contribution in [0.5, 0.6) is 0 Å². The largest absolute Gasteiger partial charge is 0.423 e. The summed E-state index contributed by atoms with van der Waals surface area (Å²) in [5.41, 5.74) is 5.99. The number of fused-ring (bicyclic) bond motifs is 2. The van der Waals surface area contributed by atoms with Gasteiger partial charge in [0.25, 0.3) is 0 Å².